The maximum absolute atomic E-state index is 4.48. The lowest BCUT2D eigenvalue weighted by Gasteiger charge is -2.06. The summed E-state index contributed by atoms with van der Waals surface area (Å²) in [5.41, 5.74) is 0.913. The molecule has 3 rings (SSSR count). The molecule has 0 bridgehead atoms. The Morgan fingerprint density at radius 3 is 2.90 bits per heavy atom. The monoisotopic (exact) mass is 284 g/mol. The molecule has 0 saturated carbocycles. The van der Waals surface area contributed by atoms with Gasteiger partial charge < -0.3 is 5.32 Å². The number of rotatable bonds is 4. The van der Waals surface area contributed by atoms with Gasteiger partial charge in [-0.3, -0.25) is 4.98 Å². The van der Waals surface area contributed by atoms with Gasteiger partial charge in [0, 0.05) is 11.6 Å². The smallest absolute Gasteiger partial charge is 0.166 e. The molecule has 0 fully saturated rings. The number of hydrogen-bond acceptors (Lipinski definition) is 5. The van der Waals surface area contributed by atoms with E-state index in [-0.39, 0.29) is 6.04 Å². The molecule has 1 unspecified atom stereocenters. The van der Waals surface area contributed by atoms with Gasteiger partial charge in [0.2, 0.25) is 0 Å². The van der Waals surface area contributed by atoms with Crippen molar-refractivity contribution in [2.24, 2.45) is 0 Å². The van der Waals surface area contributed by atoms with Crippen molar-refractivity contribution in [1.29, 1.82) is 0 Å². The molecule has 20 heavy (non-hydrogen) atoms. The van der Waals surface area contributed by atoms with E-state index in [1.807, 2.05) is 24.4 Å². The summed E-state index contributed by atoms with van der Waals surface area (Å²) in [5, 5.41) is 16.1. The lowest BCUT2D eigenvalue weighted by molar-refractivity contribution is 0.590. The first kappa shape index (κ1) is 13.1. The van der Waals surface area contributed by atoms with Crippen LogP contribution in [0.1, 0.15) is 24.9 Å². The number of nitrogens with zero attached hydrogens (tertiary/aromatic N) is 3. The highest BCUT2D eigenvalue weighted by atomic mass is 32.1. The molecule has 1 atom stereocenters. The van der Waals surface area contributed by atoms with Crippen LogP contribution in [0.4, 0.5) is 0 Å². The average molecular weight is 284 g/mol. The van der Waals surface area contributed by atoms with Gasteiger partial charge in [-0.2, -0.15) is 0 Å². The highest BCUT2D eigenvalue weighted by molar-refractivity contribution is 7.14. The van der Waals surface area contributed by atoms with Crippen LogP contribution in [0.15, 0.2) is 36.5 Å². The molecule has 2 aromatic heterocycles. The summed E-state index contributed by atoms with van der Waals surface area (Å²) < 4.78 is 0. The van der Waals surface area contributed by atoms with E-state index in [9.17, 15) is 0 Å². The fourth-order valence-corrected chi connectivity index (χ4v) is 3.07. The second-order valence-electron chi connectivity index (χ2n) is 4.61. The Bertz CT molecular complexity index is 717. The van der Waals surface area contributed by atoms with Crippen molar-refractivity contribution in [2.45, 2.75) is 19.9 Å². The van der Waals surface area contributed by atoms with Gasteiger partial charge in [-0.1, -0.05) is 42.5 Å². The quantitative estimate of drug-likeness (QED) is 0.797. The minimum Gasteiger partial charge on any atom is -0.308 e. The van der Waals surface area contributed by atoms with E-state index in [1.54, 1.807) is 11.3 Å². The highest BCUT2D eigenvalue weighted by Crippen LogP contribution is 2.30. The fourth-order valence-electron chi connectivity index (χ4n) is 2.19. The number of aromatic nitrogens is 3. The zero-order chi connectivity index (χ0) is 13.9. The molecular weight excluding hydrogens is 268 g/mol. The molecule has 1 aromatic carbocycles. The molecule has 0 amide bonds. The molecule has 5 heteroatoms. The molecule has 0 saturated heterocycles. The molecule has 0 spiro atoms. The first-order valence-corrected chi connectivity index (χ1v) is 7.52. The number of pyridine rings is 1. The van der Waals surface area contributed by atoms with Crippen molar-refractivity contribution in [3.63, 3.8) is 0 Å². The Labute approximate surface area is 121 Å². The van der Waals surface area contributed by atoms with E-state index in [0.29, 0.717) is 0 Å². The van der Waals surface area contributed by atoms with E-state index >= 15 is 0 Å². The van der Waals surface area contributed by atoms with Crippen LogP contribution in [0.3, 0.4) is 0 Å². The topological polar surface area (TPSA) is 50.7 Å². The van der Waals surface area contributed by atoms with E-state index in [2.05, 4.69) is 46.5 Å². The lowest BCUT2D eigenvalue weighted by atomic mass is 10.1. The first-order valence-electron chi connectivity index (χ1n) is 6.70. The minimum atomic E-state index is 0.223. The Kier molecular flexibility index (Phi) is 3.71. The van der Waals surface area contributed by atoms with Crippen LogP contribution in [0, 0.1) is 0 Å². The van der Waals surface area contributed by atoms with Crippen LogP contribution in [0.25, 0.3) is 21.5 Å². The highest BCUT2D eigenvalue weighted by Gasteiger charge is 2.14. The van der Waals surface area contributed by atoms with Crippen molar-refractivity contribution in [3.05, 3.63) is 41.5 Å². The normalized spacial score (nSPS) is 12.7. The van der Waals surface area contributed by atoms with Gasteiger partial charge in [0.25, 0.3) is 0 Å². The molecule has 2 heterocycles. The van der Waals surface area contributed by atoms with Crippen molar-refractivity contribution in [3.8, 4) is 10.7 Å². The molecule has 102 valence electrons. The summed E-state index contributed by atoms with van der Waals surface area (Å²) in [6.45, 7) is 5.11. The molecular formula is C15H16N4S. The summed E-state index contributed by atoms with van der Waals surface area (Å²) in [6.07, 6.45) is 1.83. The van der Waals surface area contributed by atoms with Crippen LogP contribution < -0.4 is 5.32 Å². The van der Waals surface area contributed by atoms with Crippen LogP contribution in [0.5, 0.6) is 0 Å². The number of nitrogens with one attached hydrogen (secondary N) is 1. The Balaban J connectivity index is 2.03. The maximum atomic E-state index is 4.48. The zero-order valence-electron chi connectivity index (χ0n) is 11.5. The number of benzene rings is 1. The van der Waals surface area contributed by atoms with Crippen molar-refractivity contribution in [1.82, 2.24) is 20.5 Å². The van der Waals surface area contributed by atoms with Crippen molar-refractivity contribution < 1.29 is 0 Å². The molecule has 0 radical (unpaired) electrons. The summed E-state index contributed by atoms with van der Waals surface area (Å²) in [4.78, 5) is 4.48. The van der Waals surface area contributed by atoms with Gasteiger partial charge in [0.1, 0.15) is 10.7 Å². The summed E-state index contributed by atoms with van der Waals surface area (Å²) >= 11 is 1.60. The van der Waals surface area contributed by atoms with Gasteiger partial charge >= 0.3 is 0 Å². The van der Waals surface area contributed by atoms with Gasteiger partial charge in [-0.05, 0) is 24.9 Å². The third-order valence-corrected chi connectivity index (χ3v) is 4.31. The fraction of sp³-hybridized carbons (Fsp3) is 0.267. The summed E-state index contributed by atoms with van der Waals surface area (Å²) in [5.74, 6) is 0. The zero-order valence-corrected chi connectivity index (χ0v) is 12.3. The van der Waals surface area contributed by atoms with E-state index < -0.39 is 0 Å². The Morgan fingerprint density at radius 2 is 2.05 bits per heavy atom. The molecule has 3 aromatic rings. The lowest BCUT2D eigenvalue weighted by Crippen LogP contribution is -2.17. The SMILES string of the molecule is CCNC(C)c1nnc(-c2nccc3ccccc23)s1. The summed E-state index contributed by atoms with van der Waals surface area (Å²) in [6, 6.07) is 10.5. The van der Waals surface area contributed by atoms with Gasteiger partial charge in [0.05, 0.1) is 6.04 Å². The maximum Gasteiger partial charge on any atom is 0.166 e. The summed E-state index contributed by atoms with van der Waals surface area (Å²) in [7, 11) is 0. The third-order valence-electron chi connectivity index (χ3n) is 3.20. The molecule has 0 aliphatic rings. The third kappa shape index (κ3) is 2.42. The van der Waals surface area contributed by atoms with Gasteiger partial charge in [-0.25, -0.2) is 0 Å². The molecule has 1 N–H and O–H groups in total. The first-order chi connectivity index (χ1) is 9.79. The van der Waals surface area contributed by atoms with Crippen molar-refractivity contribution >= 4 is 22.1 Å². The van der Waals surface area contributed by atoms with E-state index in [0.717, 1.165) is 27.6 Å². The van der Waals surface area contributed by atoms with Crippen LogP contribution >= 0.6 is 11.3 Å². The predicted molar refractivity (Wildman–Crippen MR) is 82.7 cm³/mol. The van der Waals surface area contributed by atoms with Crippen LogP contribution in [0.2, 0.25) is 0 Å². The van der Waals surface area contributed by atoms with Gasteiger partial charge in [0.15, 0.2) is 5.01 Å². The predicted octanol–water partition coefficient (Wildman–Crippen LogP) is 3.42. The molecule has 4 nitrogen and oxygen atoms in total. The molecule has 0 aliphatic carbocycles. The Hall–Kier alpha value is -1.85. The number of hydrogen-bond donors (Lipinski definition) is 1. The standard InChI is InChI=1S/C15H16N4S/c1-3-16-10(2)14-18-19-15(20-14)13-12-7-5-4-6-11(12)8-9-17-13/h4-10,16H,3H2,1-2H3. The largest absolute Gasteiger partial charge is 0.308 e. The second kappa shape index (κ2) is 5.64. The van der Waals surface area contributed by atoms with Crippen LogP contribution in [-0.2, 0) is 0 Å². The Morgan fingerprint density at radius 1 is 1.20 bits per heavy atom. The molecule has 0 aliphatic heterocycles. The van der Waals surface area contributed by atoms with Crippen LogP contribution in [-0.4, -0.2) is 21.7 Å². The average Bonchev–Trinajstić information content (AvgIpc) is 2.97. The van der Waals surface area contributed by atoms with Crippen molar-refractivity contribution in [2.75, 3.05) is 6.54 Å². The van der Waals surface area contributed by atoms with Gasteiger partial charge in [-0.15, -0.1) is 10.2 Å². The van der Waals surface area contributed by atoms with E-state index in [1.165, 1.54) is 5.39 Å². The number of fused-ring (bicyclic) bond motifs is 1. The second-order valence-corrected chi connectivity index (χ2v) is 5.61. The minimum absolute atomic E-state index is 0.223. The van der Waals surface area contributed by atoms with E-state index in [4.69, 9.17) is 0 Å².